The summed E-state index contributed by atoms with van der Waals surface area (Å²) in [6.07, 6.45) is 6.78. The molecule has 15 heavy (non-hydrogen) atoms. The molecule has 2 aromatic rings. The number of aromatic nitrogens is 4. The summed E-state index contributed by atoms with van der Waals surface area (Å²) in [5, 5.41) is 8.50. The molecule has 0 fully saturated rings. The average Bonchev–Trinajstić information content (AvgIpc) is 2.89. The third-order valence-corrected chi connectivity index (χ3v) is 1.79. The van der Waals surface area contributed by atoms with Crippen molar-refractivity contribution in [1.82, 2.24) is 19.9 Å². The number of imidazole rings is 2. The first kappa shape index (κ1) is 11.0. The summed E-state index contributed by atoms with van der Waals surface area (Å²) >= 11 is 0. The zero-order chi connectivity index (χ0) is 11.1. The summed E-state index contributed by atoms with van der Waals surface area (Å²) in [5.41, 5.74) is 0.889. The number of nitrogens with one attached hydrogen (secondary N) is 2. The highest BCUT2D eigenvalue weighted by Crippen LogP contribution is 2.09. The molecule has 0 saturated heterocycles. The van der Waals surface area contributed by atoms with E-state index in [-0.39, 0.29) is 5.92 Å². The maximum absolute atomic E-state index is 8.50. The number of rotatable bonds is 1. The van der Waals surface area contributed by atoms with Crippen molar-refractivity contribution in [3.05, 3.63) is 36.4 Å². The van der Waals surface area contributed by atoms with Gasteiger partial charge in [0, 0.05) is 18.6 Å². The van der Waals surface area contributed by atoms with Gasteiger partial charge >= 0.3 is 0 Å². The van der Waals surface area contributed by atoms with Gasteiger partial charge in [-0.05, 0) is 13.8 Å². The van der Waals surface area contributed by atoms with E-state index in [1.165, 1.54) is 0 Å². The minimum atomic E-state index is -0.0822. The van der Waals surface area contributed by atoms with E-state index >= 15 is 0 Å². The summed E-state index contributed by atoms with van der Waals surface area (Å²) < 4.78 is 0. The molecule has 78 valence electrons. The van der Waals surface area contributed by atoms with Crippen molar-refractivity contribution in [2.75, 3.05) is 0 Å². The van der Waals surface area contributed by atoms with Crippen molar-refractivity contribution >= 4 is 0 Å². The highest BCUT2D eigenvalue weighted by molar-refractivity contribution is 5.12. The van der Waals surface area contributed by atoms with Gasteiger partial charge in [-0.25, -0.2) is 9.97 Å². The number of nitrogens with zero attached hydrogens (tertiary/aromatic N) is 3. The Balaban J connectivity index is 0.000000187. The molecule has 5 nitrogen and oxygen atoms in total. The summed E-state index contributed by atoms with van der Waals surface area (Å²) in [4.78, 5) is 13.4. The van der Waals surface area contributed by atoms with Crippen molar-refractivity contribution < 1.29 is 0 Å². The van der Waals surface area contributed by atoms with Crippen molar-refractivity contribution in [1.29, 1.82) is 5.26 Å². The molecule has 0 spiro atoms. The fraction of sp³-hybridized carbons (Fsp3) is 0.300. The molecule has 2 N–H and O–H groups in total. The molecule has 5 heteroatoms. The van der Waals surface area contributed by atoms with E-state index in [0.29, 0.717) is 0 Å². The van der Waals surface area contributed by atoms with Crippen LogP contribution in [0, 0.1) is 18.3 Å². The molecule has 2 rings (SSSR count). The van der Waals surface area contributed by atoms with Gasteiger partial charge in [0.05, 0.1) is 24.0 Å². The molecule has 0 saturated carbocycles. The van der Waals surface area contributed by atoms with Crippen molar-refractivity contribution in [3.8, 4) is 6.07 Å². The van der Waals surface area contributed by atoms with Gasteiger partial charge in [-0.15, -0.1) is 0 Å². The number of aryl methyl sites for hydroxylation is 1. The Morgan fingerprint density at radius 2 is 2.33 bits per heavy atom. The Bertz CT molecular complexity index is 392. The zero-order valence-electron chi connectivity index (χ0n) is 8.73. The average molecular weight is 203 g/mol. The Kier molecular flexibility index (Phi) is 4.10. The van der Waals surface area contributed by atoms with Crippen LogP contribution < -0.4 is 0 Å². The predicted octanol–water partition coefficient (Wildman–Crippen LogP) is 1.75. The fourth-order valence-corrected chi connectivity index (χ4v) is 0.945. The SMILES string of the molecule is Cc1ncc(C(C)C#N)[nH]1.c1c[nH]cn1. The van der Waals surface area contributed by atoms with Gasteiger partial charge in [0.2, 0.25) is 0 Å². The molecular formula is C10H13N5. The van der Waals surface area contributed by atoms with Crippen molar-refractivity contribution in [2.24, 2.45) is 0 Å². The van der Waals surface area contributed by atoms with Crippen LogP contribution in [0.5, 0.6) is 0 Å². The van der Waals surface area contributed by atoms with E-state index < -0.39 is 0 Å². The van der Waals surface area contributed by atoms with Crippen molar-refractivity contribution in [3.63, 3.8) is 0 Å². The van der Waals surface area contributed by atoms with Gasteiger partial charge in [-0.3, -0.25) is 0 Å². The topological polar surface area (TPSA) is 81.1 Å². The Morgan fingerprint density at radius 3 is 2.67 bits per heavy atom. The van der Waals surface area contributed by atoms with E-state index in [9.17, 15) is 0 Å². The number of hydrogen-bond acceptors (Lipinski definition) is 3. The number of hydrogen-bond donors (Lipinski definition) is 2. The first-order valence-electron chi connectivity index (χ1n) is 4.58. The standard InChI is InChI=1S/C7H9N3.C3H4N2/c1-5(3-8)7-4-9-6(2)10-7;1-2-5-3-4-1/h4-5H,1-2H3,(H,9,10);1-3H,(H,4,5). The Morgan fingerprint density at radius 1 is 1.53 bits per heavy atom. The van der Waals surface area contributed by atoms with E-state index in [1.54, 1.807) is 24.9 Å². The van der Waals surface area contributed by atoms with Gasteiger partial charge in [-0.1, -0.05) is 0 Å². The molecular weight excluding hydrogens is 190 g/mol. The minimum Gasteiger partial charge on any atom is -0.351 e. The van der Waals surface area contributed by atoms with E-state index in [4.69, 9.17) is 5.26 Å². The molecule has 2 heterocycles. The second kappa shape index (κ2) is 5.60. The highest BCUT2D eigenvalue weighted by atomic mass is 14.9. The van der Waals surface area contributed by atoms with Gasteiger partial charge in [0.1, 0.15) is 5.82 Å². The van der Waals surface area contributed by atoms with Gasteiger partial charge in [0.25, 0.3) is 0 Å². The fourth-order valence-electron chi connectivity index (χ4n) is 0.945. The van der Waals surface area contributed by atoms with Crippen molar-refractivity contribution in [2.45, 2.75) is 19.8 Å². The smallest absolute Gasteiger partial charge is 0.103 e. The number of H-pyrrole nitrogens is 2. The lowest BCUT2D eigenvalue weighted by molar-refractivity contribution is 0.927. The van der Waals surface area contributed by atoms with Crippen LogP contribution in [0.4, 0.5) is 0 Å². The van der Waals surface area contributed by atoms with Crippen LogP contribution in [0.1, 0.15) is 24.4 Å². The van der Waals surface area contributed by atoms with Crippen LogP contribution in [-0.2, 0) is 0 Å². The normalized spacial score (nSPS) is 11.0. The summed E-state index contributed by atoms with van der Waals surface area (Å²) in [7, 11) is 0. The third-order valence-electron chi connectivity index (χ3n) is 1.79. The van der Waals surface area contributed by atoms with E-state index in [2.05, 4.69) is 26.0 Å². The zero-order valence-corrected chi connectivity index (χ0v) is 8.73. The lowest BCUT2D eigenvalue weighted by atomic mass is 10.1. The van der Waals surface area contributed by atoms with Crippen LogP contribution in [0.3, 0.4) is 0 Å². The van der Waals surface area contributed by atoms with Crippen LogP contribution in [0.15, 0.2) is 24.9 Å². The lowest BCUT2D eigenvalue weighted by Gasteiger charge is -1.93. The van der Waals surface area contributed by atoms with Gasteiger partial charge in [-0.2, -0.15) is 5.26 Å². The number of nitriles is 1. The minimum absolute atomic E-state index is 0.0822. The molecule has 1 unspecified atom stereocenters. The lowest BCUT2D eigenvalue weighted by Crippen LogP contribution is -1.88. The van der Waals surface area contributed by atoms with Gasteiger partial charge in [0.15, 0.2) is 0 Å². The van der Waals surface area contributed by atoms with Crippen LogP contribution in [-0.4, -0.2) is 19.9 Å². The Labute approximate surface area is 88.2 Å². The van der Waals surface area contributed by atoms with Crippen LogP contribution in [0.25, 0.3) is 0 Å². The van der Waals surface area contributed by atoms with Gasteiger partial charge < -0.3 is 9.97 Å². The number of aromatic amines is 2. The maximum Gasteiger partial charge on any atom is 0.103 e. The third kappa shape index (κ3) is 3.65. The molecule has 0 aliphatic heterocycles. The quantitative estimate of drug-likeness (QED) is 0.740. The maximum atomic E-state index is 8.50. The summed E-state index contributed by atoms with van der Waals surface area (Å²) in [6.45, 7) is 3.71. The first-order chi connectivity index (χ1) is 7.24. The highest BCUT2D eigenvalue weighted by Gasteiger charge is 2.04. The summed E-state index contributed by atoms with van der Waals surface area (Å²) in [6, 6.07) is 2.12. The monoisotopic (exact) mass is 203 g/mol. The first-order valence-corrected chi connectivity index (χ1v) is 4.58. The second-order valence-corrected chi connectivity index (χ2v) is 3.04. The van der Waals surface area contributed by atoms with Crippen LogP contribution >= 0.6 is 0 Å². The molecule has 0 amide bonds. The molecule has 0 radical (unpaired) electrons. The van der Waals surface area contributed by atoms with Crippen LogP contribution in [0.2, 0.25) is 0 Å². The summed E-state index contributed by atoms with van der Waals surface area (Å²) in [5.74, 6) is 0.776. The second-order valence-electron chi connectivity index (χ2n) is 3.04. The van der Waals surface area contributed by atoms with E-state index in [0.717, 1.165) is 11.5 Å². The molecule has 1 atom stereocenters. The molecule has 0 aliphatic carbocycles. The van der Waals surface area contributed by atoms with E-state index in [1.807, 2.05) is 13.8 Å². The Hall–Kier alpha value is -2.09. The molecule has 2 aromatic heterocycles. The molecule has 0 bridgehead atoms. The predicted molar refractivity (Wildman–Crippen MR) is 55.9 cm³/mol. The largest absolute Gasteiger partial charge is 0.351 e. The molecule has 0 aromatic carbocycles. The molecule has 0 aliphatic rings.